The maximum atomic E-state index is 12.0. The van der Waals surface area contributed by atoms with Crippen molar-refractivity contribution in [1.29, 1.82) is 0 Å². The summed E-state index contributed by atoms with van der Waals surface area (Å²) in [6.45, 7) is 8.55. The Bertz CT molecular complexity index is 364. The lowest BCUT2D eigenvalue weighted by atomic mass is 9.68. The normalized spacial score (nSPS) is 38.1. The van der Waals surface area contributed by atoms with Crippen LogP contribution in [-0.2, 0) is 0 Å². The van der Waals surface area contributed by atoms with Gasteiger partial charge in [-0.15, -0.1) is 0 Å². The van der Waals surface area contributed by atoms with Crippen LogP contribution in [0.5, 0.6) is 0 Å². The summed E-state index contributed by atoms with van der Waals surface area (Å²) in [5, 5.41) is 0. The fourth-order valence-corrected chi connectivity index (χ4v) is 3.60. The standard InChI is InChI=1S/C13H23N3O/c1-8(2)16-12(17)15-11(14)13(16)6-5-9(3)7-10(13)4/h8-10H,5-7H2,1-4H3,(H2,14,15,17). The molecule has 3 atom stereocenters. The first kappa shape index (κ1) is 12.4. The molecule has 1 aliphatic carbocycles. The molecule has 0 saturated heterocycles. The average Bonchev–Trinajstić information content (AvgIpc) is 2.45. The van der Waals surface area contributed by atoms with E-state index < -0.39 is 0 Å². The Balaban J connectivity index is 2.39. The lowest BCUT2D eigenvalue weighted by Gasteiger charge is -2.48. The summed E-state index contributed by atoms with van der Waals surface area (Å²) in [4.78, 5) is 17.9. The molecule has 2 aliphatic rings. The highest BCUT2D eigenvalue weighted by Crippen LogP contribution is 2.44. The van der Waals surface area contributed by atoms with Crippen molar-refractivity contribution in [3.63, 3.8) is 0 Å². The summed E-state index contributed by atoms with van der Waals surface area (Å²) in [6, 6.07) is 0.00191. The number of amidine groups is 1. The van der Waals surface area contributed by atoms with Crippen molar-refractivity contribution in [2.45, 2.75) is 58.5 Å². The fraction of sp³-hybridized carbons (Fsp3) is 0.846. The Hall–Kier alpha value is -1.06. The van der Waals surface area contributed by atoms with E-state index in [9.17, 15) is 4.79 Å². The van der Waals surface area contributed by atoms with E-state index in [1.807, 2.05) is 18.7 Å². The van der Waals surface area contributed by atoms with E-state index in [-0.39, 0.29) is 17.6 Å². The number of hydrogen-bond acceptors (Lipinski definition) is 2. The van der Waals surface area contributed by atoms with Gasteiger partial charge in [-0.25, -0.2) is 4.79 Å². The first-order chi connectivity index (χ1) is 7.89. The van der Waals surface area contributed by atoms with Gasteiger partial charge in [0.05, 0.1) is 0 Å². The van der Waals surface area contributed by atoms with Gasteiger partial charge in [0.2, 0.25) is 0 Å². The van der Waals surface area contributed by atoms with Crippen molar-refractivity contribution in [2.75, 3.05) is 0 Å². The first-order valence-corrected chi connectivity index (χ1v) is 6.57. The molecule has 2 N–H and O–H groups in total. The molecule has 1 saturated carbocycles. The number of nitrogens with two attached hydrogens (primary N) is 1. The topological polar surface area (TPSA) is 58.7 Å². The Morgan fingerprint density at radius 3 is 2.65 bits per heavy atom. The number of urea groups is 1. The zero-order valence-corrected chi connectivity index (χ0v) is 11.2. The molecule has 0 aromatic rings. The minimum absolute atomic E-state index is 0.154. The lowest BCUT2D eigenvalue weighted by molar-refractivity contribution is 0.0652. The van der Waals surface area contributed by atoms with Crippen molar-refractivity contribution in [3.05, 3.63) is 0 Å². The van der Waals surface area contributed by atoms with Crippen molar-refractivity contribution >= 4 is 11.9 Å². The predicted molar refractivity (Wildman–Crippen MR) is 68.9 cm³/mol. The van der Waals surface area contributed by atoms with Gasteiger partial charge in [-0.3, -0.25) is 0 Å². The molecule has 3 unspecified atom stereocenters. The van der Waals surface area contributed by atoms with Crippen molar-refractivity contribution in [1.82, 2.24) is 4.90 Å². The summed E-state index contributed by atoms with van der Waals surface area (Å²) in [7, 11) is 0. The molecule has 0 radical (unpaired) electrons. The minimum atomic E-state index is -0.308. The third-order valence-corrected chi connectivity index (χ3v) is 4.40. The van der Waals surface area contributed by atoms with Gasteiger partial charge in [0.15, 0.2) is 0 Å². The van der Waals surface area contributed by atoms with E-state index >= 15 is 0 Å². The van der Waals surface area contributed by atoms with Gasteiger partial charge in [-0.1, -0.05) is 13.8 Å². The van der Waals surface area contributed by atoms with Gasteiger partial charge < -0.3 is 10.6 Å². The molecular weight excluding hydrogens is 214 g/mol. The zero-order valence-electron chi connectivity index (χ0n) is 11.2. The molecule has 96 valence electrons. The third-order valence-electron chi connectivity index (χ3n) is 4.40. The van der Waals surface area contributed by atoms with Gasteiger partial charge in [0.1, 0.15) is 11.4 Å². The van der Waals surface area contributed by atoms with Crippen molar-refractivity contribution in [2.24, 2.45) is 22.6 Å². The van der Waals surface area contributed by atoms with Crippen molar-refractivity contribution in [3.8, 4) is 0 Å². The van der Waals surface area contributed by atoms with Gasteiger partial charge in [-0.05, 0) is 44.9 Å². The monoisotopic (exact) mass is 237 g/mol. The summed E-state index contributed by atoms with van der Waals surface area (Å²) < 4.78 is 0. The molecule has 0 bridgehead atoms. The quantitative estimate of drug-likeness (QED) is 0.761. The minimum Gasteiger partial charge on any atom is -0.385 e. The van der Waals surface area contributed by atoms with E-state index in [0.717, 1.165) is 19.3 Å². The largest absolute Gasteiger partial charge is 0.385 e. The second kappa shape index (κ2) is 4.00. The van der Waals surface area contributed by atoms with Crippen LogP contribution < -0.4 is 5.73 Å². The number of nitrogens with zero attached hydrogens (tertiary/aromatic N) is 2. The van der Waals surface area contributed by atoms with E-state index in [4.69, 9.17) is 5.73 Å². The maximum absolute atomic E-state index is 12.0. The molecule has 2 rings (SSSR count). The molecule has 4 heteroatoms. The molecule has 1 spiro atoms. The van der Waals surface area contributed by atoms with Gasteiger partial charge in [0, 0.05) is 6.04 Å². The highest BCUT2D eigenvalue weighted by atomic mass is 16.2. The number of rotatable bonds is 1. The van der Waals surface area contributed by atoms with E-state index in [1.165, 1.54) is 0 Å². The SMILES string of the molecule is CC1CCC2(C(N)=NC(=O)N2C(C)C)C(C)C1. The first-order valence-electron chi connectivity index (χ1n) is 6.57. The zero-order chi connectivity index (χ0) is 12.8. The molecule has 17 heavy (non-hydrogen) atoms. The van der Waals surface area contributed by atoms with Crippen LogP contribution in [0.15, 0.2) is 4.99 Å². The lowest BCUT2D eigenvalue weighted by Crippen LogP contribution is -2.62. The number of aliphatic imine (C=N–C) groups is 1. The summed E-state index contributed by atoms with van der Waals surface area (Å²) in [6.07, 6.45) is 3.19. The average molecular weight is 237 g/mol. The molecule has 1 heterocycles. The van der Waals surface area contributed by atoms with Gasteiger partial charge in [-0.2, -0.15) is 4.99 Å². The molecular formula is C13H23N3O. The second-order valence-corrected chi connectivity index (χ2v) is 5.95. The van der Waals surface area contributed by atoms with Crippen molar-refractivity contribution < 1.29 is 4.79 Å². The van der Waals surface area contributed by atoms with Crippen LogP contribution in [0.25, 0.3) is 0 Å². The van der Waals surface area contributed by atoms with E-state index in [1.54, 1.807) is 0 Å². The van der Waals surface area contributed by atoms with Crippen LogP contribution in [0.2, 0.25) is 0 Å². The van der Waals surface area contributed by atoms with Crippen LogP contribution in [0.3, 0.4) is 0 Å². The number of hydrogen-bond donors (Lipinski definition) is 1. The Morgan fingerprint density at radius 1 is 1.47 bits per heavy atom. The summed E-state index contributed by atoms with van der Waals surface area (Å²) in [5.41, 5.74) is 5.78. The molecule has 1 fully saturated rings. The number of carbonyl (C=O) groups is 1. The summed E-state index contributed by atoms with van der Waals surface area (Å²) >= 11 is 0. The van der Waals surface area contributed by atoms with Gasteiger partial charge >= 0.3 is 6.03 Å². The Kier molecular flexibility index (Phi) is 2.92. The van der Waals surface area contributed by atoms with Crippen LogP contribution in [0, 0.1) is 11.8 Å². The smallest absolute Gasteiger partial charge is 0.346 e. The molecule has 4 nitrogen and oxygen atoms in total. The molecule has 2 amide bonds. The maximum Gasteiger partial charge on any atom is 0.346 e. The molecule has 1 aliphatic heterocycles. The summed E-state index contributed by atoms with van der Waals surface area (Å²) in [5.74, 6) is 1.65. The van der Waals surface area contributed by atoms with Crippen LogP contribution in [0.1, 0.15) is 47.0 Å². The molecule has 0 aromatic carbocycles. The highest BCUT2D eigenvalue weighted by molar-refractivity contribution is 6.06. The Morgan fingerprint density at radius 2 is 2.12 bits per heavy atom. The fourth-order valence-electron chi connectivity index (χ4n) is 3.60. The predicted octanol–water partition coefficient (Wildman–Crippen LogP) is 2.38. The van der Waals surface area contributed by atoms with Gasteiger partial charge in [0.25, 0.3) is 0 Å². The number of amides is 2. The van der Waals surface area contributed by atoms with E-state index in [2.05, 4.69) is 18.8 Å². The van der Waals surface area contributed by atoms with Crippen LogP contribution in [0.4, 0.5) is 4.79 Å². The molecule has 0 aromatic heterocycles. The second-order valence-electron chi connectivity index (χ2n) is 5.95. The van der Waals surface area contributed by atoms with Crippen LogP contribution in [-0.4, -0.2) is 28.3 Å². The Labute approximate surface area is 103 Å². The number of carbonyl (C=O) groups excluding carboxylic acids is 1. The highest BCUT2D eigenvalue weighted by Gasteiger charge is 2.54. The van der Waals surface area contributed by atoms with E-state index in [0.29, 0.717) is 17.7 Å². The van der Waals surface area contributed by atoms with Crippen LogP contribution >= 0.6 is 0 Å². The third kappa shape index (κ3) is 1.65.